The van der Waals surface area contributed by atoms with Gasteiger partial charge in [-0.15, -0.1) is 0 Å². The maximum atomic E-state index is 6.07. The minimum Gasteiger partial charge on any atom is -0.349 e. The average Bonchev–Trinajstić information content (AvgIpc) is 2.95. The van der Waals surface area contributed by atoms with E-state index in [2.05, 4.69) is 46.5 Å². The van der Waals surface area contributed by atoms with Crippen LogP contribution in [0.4, 0.5) is 0 Å². The standard InChI is InChI=1S/C20H37N5O2/c1-12-9-17(21-3)25-20(23-12)24-15-10-16-19(27-11-26-16)18(13(15)2)14-5-4-7-22-8-6-14/h6,12-13,15-25H,4-5,7-11H2,1-3H3. The summed E-state index contributed by atoms with van der Waals surface area (Å²) in [6.45, 7) is 7.16. The highest BCUT2D eigenvalue weighted by atomic mass is 16.7. The average molecular weight is 380 g/mol. The molecule has 0 aromatic rings. The lowest BCUT2D eigenvalue weighted by molar-refractivity contribution is 0.00811. The van der Waals surface area contributed by atoms with Gasteiger partial charge in [0.1, 0.15) is 13.1 Å². The molecular weight excluding hydrogens is 342 g/mol. The molecule has 3 aliphatic heterocycles. The summed E-state index contributed by atoms with van der Waals surface area (Å²) in [5, 5.41) is 18.0. The summed E-state index contributed by atoms with van der Waals surface area (Å²) in [4.78, 5) is 0. The molecule has 27 heavy (non-hydrogen) atoms. The molecule has 8 unspecified atom stereocenters. The Kier molecular flexibility index (Phi) is 6.49. The van der Waals surface area contributed by atoms with Crippen molar-refractivity contribution in [2.45, 2.75) is 76.3 Å². The van der Waals surface area contributed by atoms with E-state index < -0.39 is 0 Å². The Morgan fingerprint density at radius 2 is 2.04 bits per heavy atom. The van der Waals surface area contributed by atoms with Gasteiger partial charge < -0.3 is 20.1 Å². The fraction of sp³-hybridized carbons (Fsp3) is 0.900. The molecule has 2 saturated heterocycles. The van der Waals surface area contributed by atoms with Crippen LogP contribution in [0, 0.1) is 11.8 Å². The van der Waals surface area contributed by atoms with Gasteiger partial charge in [-0.2, -0.15) is 0 Å². The van der Waals surface area contributed by atoms with Gasteiger partial charge >= 0.3 is 0 Å². The summed E-state index contributed by atoms with van der Waals surface area (Å²) in [6, 6.07) is 0.869. The lowest BCUT2D eigenvalue weighted by atomic mass is 9.69. The third-order valence-electron chi connectivity index (χ3n) is 6.84. The molecule has 5 N–H and O–H groups in total. The van der Waals surface area contributed by atoms with Crippen LogP contribution in [0.15, 0.2) is 11.6 Å². The van der Waals surface area contributed by atoms with Crippen LogP contribution in [-0.4, -0.2) is 63.7 Å². The molecule has 7 nitrogen and oxygen atoms in total. The van der Waals surface area contributed by atoms with Gasteiger partial charge in [0, 0.05) is 24.5 Å². The quantitative estimate of drug-likeness (QED) is 0.454. The molecule has 0 aromatic carbocycles. The van der Waals surface area contributed by atoms with E-state index in [-0.39, 0.29) is 18.5 Å². The summed E-state index contributed by atoms with van der Waals surface area (Å²) in [7, 11) is 2.02. The molecule has 154 valence electrons. The fourth-order valence-corrected chi connectivity index (χ4v) is 5.39. The fourth-order valence-electron chi connectivity index (χ4n) is 5.39. The van der Waals surface area contributed by atoms with E-state index in [0.29, 0.717) is 36.9 Å². The normalized spacial score (nSPS) is 45.8. The minimum atomic E-state index is 0.114. The molecule has 0 bridgehead atoms. The van der Waals surface area contributed by atoms with Crippen molar-refractivity contribution in [2.75, 3.05) is 26.9 Å². The van der Waals surface area contributed by atoms with Gasteiger partial charge in [-0.3, -0.25) is 16.0 Å². The highest BCUT2D eigenvalue weighted by Gasteiger charge is 2.48. The van der Waals surface area contributed by atoms with Crippen LogP contribution >= 0.6 is 0 Å². The summed E-state index contributed by atoms with van der Waals surface area (Å²) < 4.78 is 12.1. The van der Waals surface area contributed by atoms with Crippen LogP contribution in [0.5, 0.6) is 0 Å². The Hall–Kier alpha value is -0.540. The van der Waals surface area contributed by atoms with Gasteiger partial charge in [-0.25, -0.2) is 0 Å². The summed E-state index contributed by atoms with van der Waals surface area (Å²) in [5.41, 5.74) is 1.56. The first-order valence-electron chi connectivity index (χ1n) is 10.7. The van der Waals surface area contributed by atoms with Crippen LogP contribution in [0.1, 0.15) is 39.5 Å². The van der Waals surface area contributed by atoms with Crippen LogP contribution in [0.25, 0.3) is 0 Å². The van der Waals surface area contributed by atoms with E-state index >= 15 is 0 Å². The molecule has 8 atom stereocenters. The Morgan fingerprint density at radius 3 is 2.89 bits per heavy atom. The molecule has 4 rings (SSSR count). The zero-order chi connectivity index (χ0) is 18.8. The molecule has 4 aliphatic rings. The number of ether oxygens (including phenoxy) is 2. The van der Waals surface area contributed by atoms with Gasteiger partial charge in [-0.1, -0.05) is 18.6 Å². The molecule has 1 aliphatic carbocycles. The van der Waals surface area contributed by atoms with Gasteiger partial charge in [0.05, 0.1) is 18.4 Å². The zero-order valence-electron chi connectivity index (χ0n) is 17.0. The summed E-state index contributed by atoms with van der Waals surface area (Å²) in [5.74, 6) is 0.941. The topological polar surface area (TPSA) is 78.6 Å². The molecule has 0 aromatic heterocycles. The van der Waals surface area contributed by atoms with E-state index in [1.165, 1.54) is 12.8 Å². The largest absolute Gasteiger partial charge is 0.349 e. The molecule has 7 heteroatoms. The number of hydrogen-bond donors (Lipinski definition) is 5. The second-order valence-electron chi connectivity index (χ2n) is 8.68. The third-order valence-corrected chi connectivity index (χ3v) is 6.84. The Balaban J connectivity index is 1.48. The zero-order valence-corrected chi connectivity index (χ0v) is 17.0. The van der Waals surface area contributed by atoms with Crippen LogP contribution in [0.3, 0.4) is 0 Å². The Bertz CT molecular complexity index is 531. The van der Waals surface area contributed by atoms with Gasteiger partial charge in [0.2, 0.25) is 0 Å². The smallest absolute Gasteiger partial charge is 0.147 e. The Labute approximate surface area is 163 Å². The molecular formula is C20H37N5O2. The monoisotopic (exact) mass is 379 g/mol. The number of rotatable bonds is 4. The van der Waals surface area contributed by atoms with Crippen molar-refractivity contribution < 1.29 is 9.47 Å². The Morgan fingerprint density at radius 1 is 1.15 bits per heavy atom. The highest BCUT2D eigenvalue weighted by Crippen LogP contribution is 2.42. The van der Waals surface area contributed by atoms with E-state index in [4.69, 9.17) is 9.47 Å². The second kappa shape index (κ2) is 8.86. The number of nitrogens with one attached hydrogen (secondary N) is 5. The first-order chi connectivity index (χ1) is 13.2. The lowest BCUT2D eigenvalue weighted by Crippen LogP contribution is -2.69. The van der Waals surface area contributed by atoms with E-state index in [1.54, 1.807) is 5.57 Å². The maximum absolute atomic E-state index is 6.07. The van der Waals surface area contributed by atoms with Crippen molar-refractivity contribution in [1.82, 2.24) is 26.6 Å². The van der Waals surface area contributed by atoms with Crippen LogP contribution < -0.4 is 26.6 Å². The molecule has 3 fully saturated rings. The molecule has 0 spiro atoms. The first kappa shape index (κ1) is 19.8. The minimum absolute atomic E-state index is 0.114. The lowest BCUT2D eigenvalue weighted by Gasteiger charge is -2.46. The maximum Gasteiger partial charge on any atom is 0.147 e. The van der Waals surface area contributed by atoms with E-state index in [1.807, 2.05) is 7.05 Å². The number of hydrogen-bond acceptors (Lipinski definition) is 7. The van der Waals surface area contributed by atoms with Crippen molar-refractivity contribution in [3.05, 3.63) is 11.6 Å². The first-order valence-corrected chi connectivity index (χ1v) is 10.7. The van der Waals surface area contributed by atoms with E-state index in [9.17, 15) is 0 Å². The second-order valence-corrected chi connectivity index (χ2v) is 8.68. The van der Waals surface area contributed by atoms with Crippen molar-refractivity contribution in [2.24, 2.45) is 11.8 Å². The van der Waals surface area contributed by atoms with Gasteiger partial charge in [0.25, 0.3) is 0 Å². The predicted molar refractivity (Wildman–Crippen MR) is 106 cm³/mol. The van der Waals surface area contributed by atoms with Gasteiger partial charge in [0.15, 0.2) is 0 Å². The summed E-state index contributed by atoms with van der Waals surface area (Å²) in [6.07, 6.45) is 7.72. The van der Waals surface area contributed by atoms with Crippen molar-refractivity contribution in [3.63, 3.8) is 0 Å². The third kappa shape index (κ3) is 4.40. The molecule has 1 saturated carbocycles. The SMILES string of the molecule is CNC1CC(C)NC(NC2CC3OCOC3C(C3=CCNCCC3)C2C)N1. The van der Waals surface area contributed by atoms with E-state index in [0.717, 1.165) is 25.9 Å². The predicted octanol–water partition coefficient (Wildman–Crippen LogP) is 0.452. The van der Waals surface area contributed by atoms with Gasteiger partial charge in [-0.05, 0) is 52.1 Å². The molecule has 3 heterocycles. The highest BCUT2D eigenvalue weighted by molar-refractivity contribution is 5.17. The van der Waals surface area contributed by atoms with Crippen molar-refractivity contribution in [1.29, 1.82) is 0 Å². The molecule has 0 radical (unpaired) electrons. The van der Waals surface area contributed by atoms with Crippen molar-refractivity contribution in [3.8, 4) is 0 Å². The number of fused-ring (bicyclic) bond motifs is 1. The summed E-state index contributed by atoms with van der Waals surface area (Å²) >= 11 is 0. The van der Waals surface area contributed by atoms with Crippen LogP contribution in [0.2, 0.25) is 0 Å². The molecule has 0 amide bonds. The van der Waals surface area contributed by atoms with Crippen LogP contribution in [-0.2, 0) is 9.47 Å². The van der Waals surface area contributed by atoms with Crippen molar-refractivity contribution >= 4 is 0 Å².